The van der Waals surface area contributed by atoms with Crippen molar-refractivity contribution >= 4 is 17.5 Å². The first-order valence-corrected chi connectivity index (χ1v) is 8.34. The van der Waals surface area contributed by atoms with E-state index in [-0.39, 0.29) is 11.8 Å². The van der Waals surface area contributed by atoms with Gasteiger partial charge in [0.1, 0.15) is 18.4 Å². The molecule has 1 aliphatic rings. The van der Waals surface area contributed by atoms with Gasteiger partial charge in [0.25, 0.3) is 5.91 Å². The molecule has 0 fully saturated rings. The Morgan fingerprint density at radius 3 is 2.64 bits per heavy atom. The molecule has 25 heavy (non-hydrogen) atoms. The van der Waals surface area contributed by atoms with Crippen LogP contribution in [0.15, 0.2) is 42.5 Å². The Balaban J connectivity index is 1.75. The maximum Gasteiger partial charge on any atom is 0.254 e. The zero-order valence-corrected chi connectivity index (χ0v) is 14.7. The molecule has 5 nitrogen and oxygen atoms in total. The van der Waals surface area contributed by atoms with Crippen LogP contribution in [0.5, 0.6) is 5.75 Å². The van der Waals surface area contributed by atoms with Crippen LogP contribution in [-0.4, -0.2) is 25.0 Å². The van der Waals surface area contributed by atoms with Crippen molar-refractivity contribution in [1.82, 2.24) is 5.32 Å². The van der Waals surface area contributed by atoms with Gasteiger partial charge in [-0.05, 0) is 37.6 Å². The molecule has 2 aromatic rings. The first-order chi connectivity index (χ1) is 12.0. The SMILES string of the molecule is CC(=O)NC1C(=O)N(CCOc2cccc(C)c2)c2ccc(C)cc21. The molecule has 0 radical (unpaired) electrons. The average Bonchev–Trinajstić information content (AvgIpc) is 2.80. The Bertz CT molecular complexity index is 816. The number of hydrogen-bond acceptors (Lipinski definition) is 3. The minimum absolute atomic E-state index is 0.122. The molecule has 0 saturated heterocycles. The lowest BCUT2D eigenvalue weighted by Gasteiger charge is -2.18. The molecule has 130 valence electrons. The van der Waals surface area contributed by atoms with Crippen molar-refractivity contribution in [3.05, 3.63) is 59.2 Å². The Kier molecular flexibility index (Phi) is 4.74. The Hall–Kier alpha value is -2.82. The molecule has 1 unspecified atom stereocenters. The van der Waals surface area contributed by atoms with Gasteiger partial charge in [-0.2, -0.15) is 0 Å². The first kappa shape index (κ1) is 17.0. The zero-order valence-electron chi connectivity index (χ0n) is 14.7. The highest BCUT2D eigenvalue weighted by atomic mass is 16.5. The lowest BCUT2D eigenvalue weighted by Crippen LogP contribution is -2.38. The van der Waals surface area contributed by atoms with Gasteiger partial charge in [0, 0.05) is 18.2 Å². The van der Waals surface area contributed by atoms with Crippen molar-refractivity contribution in [2.24, 2.45) is 0 Å². The lowest BCUT2D eigenvalue weighted by atomic mass is 10.1. The van der Waals surface area contributed by atoms with E-state index in [0.717, 1.165) is 28.1 Å². The van der Waals surface area contributed by atoms with Crippen LogP contribution in [0.25, 0.3) is 0 Å². The van der Waals surface area contributed by atoms with Crippen LogP contribution in [0.4, 0.5) is 5.69 Å². The van der Waals surface area contributed by atoms with Crippen molar-refractivity contribution < 1.29 is 14.3 Å². The van der Waals surface area contributed by atoms with E-state index < -0.39 is 6.04 Å². The van der Waals surface area contributed by atoms with Gasteiger partial charge < -0.3 is 15.0 Å². The van der Waals surface area contributed by atoms with E-state index in [4.69, 9.17) is 4.74 Å². The molecular weight excluding hydrogens is 316 g/mol. The summed E-state index contributed by atoms with van der Waals surface area (Å²) < 4.78 is 5.77. The summed E-state index contributed by atoms with van der Waals surface area (Å²) >= 11 is 0. The normalized spacial score (nSPS) is 15.9. The molecule has 5 heteroatoms. The summed E-state index contributed by atoms with van der Waals surface area (Å²) in [5.74, 6) is 0.446. The van der Waals surface area contributed by atoms with E-state index in [2.05, 4.69) is 5.32 Å². The summed E-state index contributed by atoms with van der Waals surface area (Å²) in [6, 6.07) is 13.0. The summed E-state index contributed by atoms with van der Waals surface area (Å²) in [6.07, 6.45) is 0. The van der Waals surface area contributed by atoms with Crippen LogP contribution < -0.4 is 15.0 Å². The molecule has 1 heterocycles. The minimum Gasteiger partial charge on any atom is -0.492 e. The van der Waals surface area contributed by atoms with Gasteiger partial charge in [0.2, 0.25) is 5.91 Å². The van der Waals surface area contributed by atoms with Crippen molar-refractivity contribution in [2.75, 3.05) is 18.1 Å². The quantitative estimate of drug-likeness (QED) is 0.912. The average molecular weight is 338 g/mol. The van der Waals surface area contributed by atoms with Gasteiger partial charge in [-0.3, -0.25) is 9.59 Å². The van der Waals surface area contributed by atoms with E-state index in [0.29, 0.717) is 13.2 Å². The predicted octanol–water partition coefficient (Wildman–Crippen LogP) is 2.91. The highest BCUT2D eigenvalue weighted by Crippen LogP contribution is 2.36. The number of hydrogen-bond donors (Lipinski definition) is 1. The van der Waals surface area contributed by atoms with E-state index in [1.807, 2.05) is 56.3 Å². The number of aryl methyl sites for hydroxylation is 2. The van der Waals surface area contributed by atoms with Crippen molar-refractivity contribution in [2.45, 2.75) is 26.8 Å². The van der Waals surface area contributed by atoms with E-state index >= 15 is 0 Å². The third kappa shape index (κ3) is 3.65. The lowest BCUT2D eigenvalue weighted by molar-refractivity contribution is -0.126. The van der Waals surface area contributed by atoms with Gasteiger partial charge in [-0.25, -0.2) is 0 Å². The fourth-order valence-electron chi connectivity index (χ4n) is 3.09. The topological polar surface area (TPSA) is 58.6 Å². The minimum atomic E-state index is -0.619. The van der Waals surface area contributed by atoms with Crippen LogP contribution >= 0.6 is 0 Å². The Morgan fingerprint density at radius 2 is 1.92 bits per heavy atom. The molecule has 0 saturated carbocycles. The number of anilines is 1. The molecule has 1 N–H and O–H groups in total. The second kappa shape index (κ2) is 6.97. The Morgan fingerprint density at radius 1 is 1.16 bits per heavy atom. The summed E-state index contributed by atoms with van der Waals surface area (Å²) in [7, 11) is 0. The molecule has 1 aliphatic heterocycles. The Labute approximate surface area is 147 Å². The third-order valence-electron chi connectivity index (χ3n) is 4.22. The number of fused-ring (bicyclic) bond motifs is 1. The molecule has 0 aliphatic carbocycles. The largest absolute Gasteiger partial charge is 0.492 e. The van der Waals surface area contributed by atoms with Crippen LogP contribution in [0.2, 0.25) is 0 Å². The first-order valence-electron chi connectivity index (χ1n) is 8.34. The van der Waals surface area contributed by atoms with E-state index in [9.17, 15) is 9.59 Å². The molecule has 2 amide bonds. The van der Waals surface area contributed by atoms with Gasteiger partial charge in [-0.1, -0.05) is 29.8 Å². The van der Waals surface area contributed by atoms with Crippen LogP contribution in [-0.2, 0) is 9.59 Å². The number of carbonyl (C=O) groups excluding carboxylic acids is 2. The van der Waals surface area contributed by atoms with E-state index in [1.54, 1.807) is 4.90 Å². The number of ether oxygens (including phenoxy) is 1. The number of nitrogens with one attached hydrogen (secondary N) is 1. The molecule has 0 bridgehead atoms. The monoisotopic (exact) mass is 338 g/mol. The molecule has 2 aromatic carbocycles. The molecule has 1 atom stereocenters. The van der Waals surface area contributed by atoms with Crippen LogP contribution in [0, 0.1) is 13.8 Å². The van der Waals surface area contributed by atoms with Gasteiger partial charge in [0.15, 0.2) is 0 Å². The zero-order chi connectivity index (χ0) is 18.0. The van der Waals surface area contributed by atoms with Crippen LogP contribution in [0.3, 0.4) is 0 Å². The summed E-state index contributed by atoms with van der Waals surface area (Å²) in [5.41, 5.74) is 3.86. The molecular formula is C20H22N2O3. The summed E-state index contributed by atoms with van der Waals surface area (Å²) in [5, 5.41) is 2.75. The number of carbonyl (C=O) groups is 2. The number of amides is 2. The smallest absolute Gasteiger partial charge is 0.254 e. The summed E-state index contributed by atoms with van der Waals surface area (Å²) in [4.78, 5) is 25.9. The highest BCUT2D eigenvalue weighted by molar-refractivity contribution is 6.06. The fraction of sp³-hybridized carbons (Fsp3) is 0.300. The van der Waals surface area contributed by atoms with Gasteiger partial charge in [0.05, 0.1) is 6.54 Å². The molecule has 3 rings (SSSR count). The standard InChI is InChI=1S/C20H22N2O3/c1-13-5-4-6-16(11-13)25-10-9-22-18-8-7-14(2)12-17(18)19(20(22)24)21-15(3)23/h4-8,11-12,19H,9-10H2,1-3H3,(H,21,23). The van der Waals surface area contributed by atoms with Gasteiger partial charge >= 0.3 is 0 Å². The van der Waals surface area contributed by atoms with Crippen molar-refractivity contribution in [1.29, 1.82) is 0 Å². The van der Waals surface area contributed by atoms with Crippen LogP contribution in [0.1, 0.15) is 29.7 Å². The second-order valence-corrected chi connectivity index (χ2v) is 6.35. The number of nitrogens with zero attached hydrogens (tertiary/aromatic N) is 1. The maximum atomic E-state index is 12.8. The second-order valence-electron chi connectivity index (χ2n) is 6.35. The van der Waals surface area contributed by atoms with E-state index in [1.165, 1.54) is 6.92 Å². The fourth-order valence-corrected chi connectivity index (χ4v) is 3.09. The van der Waals surface area contributed by atoms with Crippen molar-refractivity contribution in [3.63, 3.8) is 0 Å². The molecule has 0 spiro atoms. The summed E-state index contributed by atoms with van der Waals surface area (Å²) in [6.45, 7) is 6.22. The van der Waals surface area contributed by atoms with Crippen molar-refractivity contribution in [3.8, 4) is 5.75 Å². The maximum absolute atomic E-state index is 12.8. The number of rotatable bonds is 5. The van der Waals surface area contributed by atoms with Gasteiger partial charge in [-0.15, -0.1) is 0 Å². The predicted molar refractivity (Wildman–Crippen MR) is 96.8 cm³/mol. The highest BCUT2D eigenvalue weighted by Gasteiger charge is 2.37. The molecule has 0 aromatic heterocycles. The number of benzene rings is 2. The third-order valence-corrected chi connectivity index (χ3v) is 4.22.